The van der Waals surface area contributed by atoms with E-state index in [-0.39, 0.29) is 0 Å². The monoisotopic (exact) mass is 315 g/mol. The Morgan fingerprint density at radius 1 is 1.33 bits per heavy atom. The average molecular weight is 316 g/mol. The van der Waals surface area contributed by atoms with Gasteiger partial charge in [0, 0.05) is 24.2 Å². The Morgan fingerprint density at radius 2 is 2.11 bits per heavy atom. The third kappa shape index (κ3) is 4.96. The number of rotatable bonds is 8. The fourth-order valence-electron chi connectivity index (χ4n) is 1.92. The van der Waals surface area contributed by atoms with E-state index in [1.807, 2.05) is 19.2 Å². The van der Waals surface area contributed by atoms with Gasteiger partial charge >= 0.3 is 0 Å². The number of benzene rings is 1. The lowest BCUT2D eigenvalue weighted by atomic mass is 10.0. The maximum absolute atomic E-state index is 5.26. The molecular weight excluding hydrogens is 294 g/mol. The van der Waals surface area contributed by atoms with E-state index in [1.165, 1.54) is 5.56 Å². The van der Waals surface area contributed by atoms with Gasteiger partial charge in [-0.3, -0.25) is 0 Å². The quantitative estimate of drug-likeness (QED) is 0.748. The summed E-state index contributed by atoms with van der Waals surface area (Å²) in [5.41, 5.74) is 1.27. The van der Waals surface area contributed by atoms with E-state index in [9.17, 15) is 0 Å². The van der Waals surface area contributed by atoms with Crippen molar-refractivity contribution in [2.24, 2.45) is 0 Å². The molecule has 0 saturated heterocycles. The van der Waals surface area contributed by atoms with Crippen LogP contribution in [0.1, 0.15) is 18.4 Å². The van der Waals surface area contributed by atoms with Crippen LogP contribution in [0.15, 0.2) is 22.7 Å². The summed E-state index contributed by atoms with van der Waals surface area (Å²) < 4.78 is 11.5. The maximum atomic E-state index is 5.26. The van der Waals surface area contributed by atoms with Crippen LogP contribution >= 0.6 is 15.9 Å². The number of likely N-dealkylation sites (N-methyl/N-ethyl adjacent to an activating group) is 1. The Hall–Kier alpha value is -0.580. The molecule has 0 heterocycles. The molecule has 0 aliphatic rings. The van der Waals surface area contributed by atoms with Gasteiger partial charge in [0.15, 0.2) is 0 Å². The molecule has 0 spiro atoms. The van der Waals surface area contributed by atoms with E-state index in [0.29, 0.717) is 6.04 Å². The lowest BCUT2D eigenvalue weighted by molar-refractivity contribution is 0.189. The van der Waals surface area contributed by atoms with Crippen LogP contribution < -0.4 is 10.1 Å². The molecule has 1 rings (SSSR count). The highest BCUT2D eigenvalue weighted by molar-refractivity contribution is 9.10. The zero-order valence-corrected chi connectivity index (χ0v) is 12.9. The molecular formula is C14H22BrNO2. The lowest BCUT2D eigenvalue weighted by Crippen LogP contribution is -2.28. The minimum atomic E-state index is 0.462. The number of hydrogen-bond acceptors (Lipinski definition) is 3. The molecule has 102 valence electrons. The van der Waals surface area contributed by atoms with E-state index >= 15 is 0 Å². The largest absolute Gasteiger partial charge is 0.497 e. The van der Waals surface area contributed by atoms with Crippen LogP contribution in [0.3, 0.4) is 0 Å². The second kappa shape index (κ2) is 8.51. The van der Waals surface area contributed by atoms with Crippen LogP contribution in [0.5, 0.6) is 5.75 Å². The lowest BCUT2D eigenvalue weighted by Gasteiger charge is -2.17. The van der Waals surface area contributed by atoms with Crippen molar-refractivity contribution in [2.75, 3.05) is 27.9 Å². The van der Waals surface area contributed by atoms with Crippen LogP contribution in [0, 0.1) is 0 Å². The van der Waals surface area contributed by atoms with Gasteiger partial charge in [-0.15, -0.1) is 0 Å². The van der Waals surface area contributed by atoms with Gasteiger partial charge in [0.1, 0.15) is 5.75 Å². The fourth-order valence-corrected chi connectivity index (χ4v) is 2.33. The summed E-state index contributed by atoms with van der Waals surface area (Å²) in [4.78, 5) is 0. The topological polar surface area (TPSA) is 30.5 Å². The Balaban J connectivity index is 2.62. The van der Waals surface area contributed by atoms with Gasteiger partial charge in [0.2, 0.25) is 0 Å². The molecule has 1 atom stereocenters. The first kappa shape index (κ1) is 15.5. The number of halogens is 1. The number of nitrogens with one attached hydrogen (secondary N) is 1. The van der Waals surface area contributed by atoms with Crippen molar-refractivity contribution < 1.29 is 9.47 Å². The Bertz CT molecular complexity index is 358. The van der Waals surface area contributed by atoms with E-state index in [1.54, 1.807) is 14.2 Å². The van der Waals surface area contributed by atoms with Gasteiger partial charge in [-0.1, -0.05) is 15.9 Å². The smallest absolute Gasteiger partial charge is 0.119 e. The fraction of sp³-hybridized carbons (Fsp3) is 0.571. The van der Waals surface area contributed by atoms with Gasteiger partial charge < -0.3 is 14.8 Å². The molecule has 3 nitrogen and oxygen atoms in total. The summed E-state index contributed by atoms with van der Waals surface area (Å²) in [5.74, 6) is 0.903. The van der Waals surface area contributed by atoms with E-state index < -0.39 is 0 Å². The number of hydrogen-bond donors (Lipinski definition) is 1. The first-order valence-corrected chi connectivity index (χ1v) is 6.99. The van der Waals surface area contributed by atoms with Gasteiger partial charge in [-0.2, -0.15) is 0 Å². The molecule has 1 unspecified atom stereocenters. The molecule has 0 amide bonds. The summed E-state index contributed by atoms with van der Waals surface area (Å²) in [6.45, 7) is 0.817. The summed E-state index contributed by atoms with van der Waals surface area (Å²) in [5, 5.41) is 3.36. The Morgan fingerprint density at radius 3 is 2.72 bits per heavy atom. The highest BCUT2D eigenvalue weighted by Crippen LogP contribution is 2.24. The molecule has 4 heteroatoms. The minimum absolute atomic E-state index is 0.462. The van der Waals surface area contributed by atoms with Crippen molar-refractivity contribution in [1.29, 1.82) is 0 Å². The third-order valence-corrected chi connectivity index (χ3v) is 3.80. The first-order valence-electron chi connectivity index (χ1n) is 6.20. The first-order chi connectivity index (χ1) is 8.71. The molecule has 0 fully saturated rings. The van der Waals surface area contributed by atoms with E-state index in [0.717, 1.165) is 36.1 Å². The highest BCUT2D eigenvalue weighted by atomic mass is 79.9. The third-order valence-electron chi connectivity index (χ3n) is 3.03. The number of methoxy groups -OCH3 is 2. The summed E-state index contributed by atoms with van der Waals surface area (Å²) in [6.07, 6.45) is 3.16. The normalized spacial score (nSPS) is 12.4. The second-order valence-corrected chi connectivity index (χ2v) is 5.14. The van der Waals surface area contributed by atoms with Crippen LogP contribution in [-0.4, -0.2) is 33.9 Å². The standard InChI is InChI=1S/C14H22BrNO2/c1-16-12(5-4-8-17-2)9-11-10-13(18-3)6-7-14(11)15/h6-7,10,12,16H,4-5,8-9H2,1-3H3. The predicted octanol–water partition coefficient (Wildman–Crippen LogP) is 3.01. The van der Waals surface area contributed by atoms with E-state index in [4.69, 9.17) is 9.47 Å². The van der Waals surface area contributed by atoms with Crippen molar-refractivity contribution in [1.82, 2.24) is 5.32 Å². The second-order valence-electron chi connectivity index (χ2n) is 4.28. The Labute approximate surface area is 118 Å². The molecule has 1 aromatic carbocycles. The molecule has 0 bridgehead atoms. The van der Waals surface area contributed by atoms with Crippen LogP contribution in [0.2, 0.25) is 0 Å². The van der Waals surface area contributed by atoms with Crippen LogP contribution in [0.25, 0.3) is 0 Å². The average Bonchev–Trinajstić information content (AvgIpc) is 2.40. The number of ether oxygens (including phenoxy) is 2. The van der Waals surface area contributed by atoms with Crippen molar-refractivity contribution in [3.63, 3.8) is 0 Å². The molecule has 18 heavy (non-hydrogen) atoms. The summed E-state index contributed by atoms with van der Waals surface area (Å²) in [7, 11) is 5.44. The highest BCUT2D eigenvalue weighted by Gasteiger charge is 2.10. The van der Waals surface area contributed by atoms with Crippen molar-refractivity contribution in [3.05, 3.63) is 28.2 Å². The van der Waals surface area contributed by atoms with Crippen LogP contribution in [-0.2, 0) is 11.2 Å². The van der Waals surface area contributed by atoms with Crippen molar-refractivity contribution >= 4 is 15.9 Å². The molecule has 0 radical (unpaired) electrons. The molecule has 0 aromatic heterocycles. The zero-order valence-electron chi connectivity index (χ0n) is 11.3. The molecule has 1 N–H and O–H groups in total. The molecule has 0 saturated carbocycles. The predicted molar refractivity (Wildman–Crippen MR) is 78.4 cm³/mol. The molecule has 0 aliphatic carbocycles. The summed E-state index contributed by atoms with van der Waals surface area (Å²) in [6, 6.07) is 6.55. The minimum Gasteiger partial charge on any atom is -0.497 e. The zero-order chi connectivity index (χ0) is 13.4. The van der Waals surface area contributed by atoms with Crippen molar-refractivity contribution in [2.45, 2.75) is 25.3 Å². The van der Waals surface area contributed by atoms with Crippen molar-refractivity contribution in [3.8, 4) is 5.75 Å². The SMILES string of the molecule is CNC(CCCOC)Cc1cc(OC)ccc1Br. The van der Waals surface area contributed by atoms with Gasteiger partial charge in [-0.25, -0.2) is 0 Å². The Kier molecular flexibility index (Phi) is 7.32. The van der Waals surface area contributed by atoms with Crippen LogP contribution in [0.4, 0.5) is 0 Å². The van der Waals surface area contributed by atoms with Gasteiger partial charge in [0.05, 0.1) is 7.11 Å². The molecule has 1 aromatic rings. The van der Waals surface area contributed by atoms with Gasteiger partial charge in [-0.05, 0) is 50.1 Å². The van der Waals surface area contributed by atoms with E-state index in [2.05, 4.69) is 27.3 Å². The molecule has 0 aliphatic heterocycles. The summed E-state index contributed by atoms with van der Waals surface area (Å²) >= 11 is 3.59. The van der Waals surface area contributed by atoms with Gasteiger partial charge in [0.25, 0.3) is 0 Å². The maximum Gasteiger partial charge on any atom is 0.119 e.